The highest BCUT2D eigenvalue weighted by atomic mass is 35.5. The monoisotopic (exact) mass is 359 g/mol. The highest BCUT2D eigenvalue weighted by Gasteiger charge is 2.19. The van der Waals surface area contributed by atoms with Gasteiger partial charge in [0.2, 0.25) is 0 Å². The van der Waals surface area contributed by atoms with Crippen molar-refractivity contribution >= 4 is 56.4 Å². The molecule has 0 unspecified atom stereocenters. The summed E-state index contributed by atoms with van der Waals surface area (Å²) in [4.78, 5) is 4.46. The molecular formula is C14H8Cl3NO2S. The molecule has 1 heterocycles. The maximum Gasteiger partial charge on any atom is 0.146 e. The number of aromatic nitrogens is 1. The maximum absolute atomic E-state index is 10.1. The first-order chi connectivity index (χ1) is 10.0. The lowest BCUT2D eigenvalue weighted by Gasteiger charge is -2.07. The van der Waals surface area contributed by atoms with Crippen LogP contribution in [0.15, 0.2) is 24.3 Å². The molecule has 3 rings (SSSR count). The van der Waals surface area contributed by atoms with E-state index >= 15 is 0 Å². The average molecular weight is 361 g/mol. The van der Waals surface area contributed by atoms with E-state index in [9.17, 15) is 5.11 Å². The van der Waals surface area contributed by atoms with Crippen LogP contribution < -0.4 is 4.74 Å². The molecule has 0 aliphatic carbocycles. The number of hydrogen-bond acceptors (Lipinski definition) is 4. The number of rotatable bonds is 2. The SMILES string of the molecule is COc1ccc2nc(-c3c(O)c(Cl)cc(Cl)c3Cl)sc2c1. The minimum absolute atomic E-state index is 0.128. The molecule has 1 N–H and O–H groups in total. The number of aromatic hydroxyl groups is 1. The van der Waals surface area contributed by atoms with Crippen LogP contribution in [-0.2, 0) is 0 Å². The van der Waals surface area contributed by atoms with Crippen molar-refractivity contribution in [2.45, 2.75) is 0 Å². The van der Waals surface area contributed by atoms with Gasteiger partial charge in [-0.05, 0) is 24.3 Å². The third-order valence-corrected chi connectivity index (χ3v) is 5.07. The van der Waals surface area contributed by atoms with E-state index in [0.717, 1.165) is 16.0 Å². The lowest BCUT2D eigenvalue weighted by Crippen LogP contribution is -1.83. The summed E-state index contributed by atoms with van der Waals surface area (Å²) in [5.41, 5.74) is 1.12. The topological polar surface area (TPSA) is 42.4 Å². The maximum atomic E-state index is 10.1. The zero-order valence-electron chi connectivity index (χ0n) is 10.7. The zero-order chi connectivity index (χ0) is 15.1. The molecule has 0 saturated carbocycles. The van der Waals surface area contributed by atoms with E-state index in [1.807, 2.05) is 18.2 Å². The molecule has 3 nitrogen and oxygen atoms in total. The fraction of sp³-hybridized carbons (Fsp3) is 0.0714. The average Bonchev–Trinajstić information content (AvgIpc) is 2.87. The van der Waals surface area contributed by atoms with Crippen molar-refractivity contribution in [1.82, 2.24) is 4.98 Å². The number of nitrogens with zero attached hydrogens (tertiary/aromatic N) is 1. The van der Waals surface area contributed by atoms with Crippen LogP contribution in [0.25, 0.3) is 20.8 Å². The van der Waals surface area contributed by atoms with Gasteiger partial charge in [-0.2, -0.15) is 0 Å². The van der Waals surface area contributed by atoms with Gasteiger partial charge in [0.05, 0.1) is 38.0 Å². The lowest BCUT2D eigenvalue weighted by atomic mass is 10.2. The van der Waals surface area contributed by atoms with Crippen molar-refractivity contribution in [1.29, 1.82) is 0 Å². The predicted molar refractivity (Wildman–Crippen MR) is 88.3 cm³/mol. The van der Waals surface area contributed by atoms with E-state index in [0.29, 0.717) is 10.6 Å². The van der Waals surface area contributed by atoms with E-state index in [4.69, 9.17) is 39.5 Å². The van der Waals surface area contributed by atoms with Crippen molar-refractivity contribution in [3.05, 3.63) is 39.3 Å². The summed E-state index contributed by atoms with van der Waals surface area (Å²) in [5.74, 6) is 0.606. The summed E-state index contributed by atoms with van der Waals surface area (Å²) in [6.07, 6.45) is 0. The van der Waals surface area contributed by atoms with E-state index in [1.165, 1.54) is 17.4 Å². The van der Waals surface area contributed by atoms with Gasteiger partial charge in [0.15, 0.2) is 0 Å². The van der Waals surface area contributed by atoms with Gasteiger partial charge in [-0.3, -0.25) is 0 Å². The van der Waals surface area contributed by atoms with Crippen molar-refractivity contribution in [3.8, 4) is 22.1 Å². The highest BCUT2D eigenvalue weighted by molar-refractivity contribution is 7.21. The van der Waals surface area contributed by atoms with E-state index < -0.39 is 0 Å². The summed E-state index contributed by atoms with van der Waals surface area (Å²) in [7, 11) is 1.60. The Balaban J connectivity index is 2.26. The predicted octanol–water partition coefficient (Wildman–Crippen LogP) is 5.64. The van der Waals surface area contributed by atoms with Gasteiger partial charge in [-0.25, -0.2) is 4.98 Å². The van der Waals surface area contributed by atoms with Crippen LogP contribution >= 0.6 is 46.1 Å². The molecule has 0 radical (unpaired) electrons. The Hall–Kier alpha value is -1.20. The number of halogens is 3. The molecule has 0 aliphatic heterocycles. The second-order valence-electron chi connectivity index (χ2n) is 4.23. The zero-order valence-corrected chi connectivity index (χ0v) is 13.7. The summed E-state index contributed by atoms with van der Waals surface area (Å²) in [5, 5.41) is 11.3. The molecular weight excluding hydrogens is 353 g/mol. The first-order valence-corrected chi connectivity index (χ1v) is 7.77. The number of phenolic OH excluding ortho intramolecular Hbond substituents is 1. The number of thiazole rings is 1. The summed E-state index contributed by atoms with van der Waals surface area (Å²) in [6, 6.07) is 6.93. The van der Waals surface area contributed by atoms with Crippen LogP contribution in [0.5, 0.6) is 11.5 Å². The van der Waals surface area contributed by atoms with Crippen LogP contribution in [0, 0.1) is 0 Å². The molecule has 3 aromatic rings. The van der Waals surface area contributed by atoms with Gasteiger partial charge in [0.25, 0.3) is 0 Å². The quantitative estimate of drug-likeness (QED) is 0.601. The van der Waals surface area contributed by atoms with Crippen molar-refractivity contribution in [3.63, 3.8) is 0 Å². The normalized spacial score (nSPS) is 11.0. The molecule has 108 valence electrons. The van der Waals surface area contributed by atoms with Crippen molar-refractivity contribution in [2.75, 3.05) is 7.11 Å². The fourth-order valence-corrected chi connectivity index (χ4v) is 3.72. The Morgan fingerprint density at radius 1 is 1.14 bits per heavy atom. The molecule has 0 saturated heterocycles. The lowest BCUT2D eigenvalue weighted by molar-refractivity contribution is 0.415. The molecule has 0 aliphatic rings. The van der Waals surface area contributed by atoms with Crippen molar-refractivity contribution < 1.29 is 9.84 Å². The molecule has 0 spiro atoms. The van der Waals surface area contributed by atoms with Gasteiger partial charge in [0, 0.05) is 0 Å². The van der Waals surface area contributed by atoms with Crippen LogP contribution in [0.1, 0.15) is 0 Å². The summed E-state index contributed by atoms with van der Waals surface area (Å²) >= 11 is 19.5. The second kappa shape index (κ2) is 5.54. The smallest absolute Gasteiger partial charge is 0.146 e. The molecule has 7 heteroatoms. The van der Waals surface area contributed by atoms with E-state index in [2.05, 4.69) is 4.98 Å². The number of ether oxygens (including phenoxy) is 1. The molecule has 21 heavy (non-hydrogen) atoms. The van der Waals surface area contributed by atoms with Gasteiger partial charge in [0.1, 0.15) is 16.5 Å². The molecule has 0 amide bonds. The Labute approximate surface area is 139 Å². The van der Waals surface area contributed by atoms with Gasteiger partial charge in [-0.1, -0.05) is 34.8 Å². The number of benzene rings is 2. The first-order valence-electron chi connectivity index (χ1n) is 5.82. The third-order valence-electron chi connectivity index (χ3n) is 2.96. The van der Waals surface area contributed by atoms with Gasteiger partial charge in [-0.15, -0.1) is 11.3 Å². The van der Waals surface area contributed by atoms with E-state index in [1.54, 1.807) is 7.11 Å². The largest absolute Gasteiger partial charge is 0.506 e. The summed E-state index contributed by atoms with van der Waals surface area (Å²) in [6.45, 7) is 0. The second-order valence-corrected chi connectivity index (χ2v) is 6.45. The first kappa shape index (κ1) is 14.7. The molecule has 0 fully saturated rings. The Morgan fingerprint density at radius 2 is 1.90 bits per heavy atom. The number of fused-ring (bicyclic) bond motifs is 1. The van der Waals surface area contributed by atoms with Gasteiger partial charge < -0.3 is 9.84 Å². The minimum atomic E-state index is -0.128. The van der Waals surface area contributed by atoms with Crippen LogP contribution in [0.3, 0.4) is 0 Å². The molecule has 0 bridgehead atoms. The minimum Gasteiger partial charge on any atom is -0.506 e. The van der Waals surface area contributed by atoms with E-state index in [-0.39, 0.29) is 20.8 Å². The molecule has 0 atom stereocenters. The highest BCUT2D eigenvalue weighted by Crippen LogP contribution is 2.46. The Morgan fingerprint density at radius 3 is 2.62 bits per heavy atom. The number of methoxy groups -OCH3 is 1. The van der Waals surface area contributed by atoms with Crippen molar-refractivity contribution in [2.24, 2.45) is 0 Å². The molecule has 2 aromatic carbocycles. The Bertz CT molecular complexity index is 822. The van der Waals surface area contributed by atoms with Crippen LogP contribution in [0.4, 0.5) is 0 Å². The van der Waals surface area contributed by atoms with Crippen LogP contribution in [-0.4, -0.2) is 17.2 Å². The number of phenols is 1. The van der Waals surface area contributed by atoms with Crippen LogP contribution in [0.2, 0.25) is 15.1 Å². The number of hydrogen-bond donors (Lipinski definition) is 1. The fourth-order valence-electron chi connectivity index (χ4n) is 1.92. The molecule has 1 aromatic heterocycles. The van der Waals surface area contributed by atoms with Gasteiger partial charge >= 0.3 is 0 Å². The standard InChI is InChI=1S/C14H8Cl3NO2S/c1-20-6-2-3-9-10(4-6)21-14(18-9)11-12(17)7(15)5-8(16)13(11)19/h2-5,19H,1H3. The third kappa shape index (κ3) is 2.53. The Kier molecular flexibility index (Phi) is 3.88. The summed E-state index contributed by atoms with van der Waals surface area (Å²) < 4.78 is 6.10.